The van der Waals surface area contributed by atoms with E-state index < -0.39 is 29.9 Å². The fraction of sp³-hybridized carbons (Fsp3) is 0.333. The first-order valence-electron chi connectivity index (χ1n) is 6.93. The van der Waals surface area contributed by atoms with E-state index in [1.807, 2.05) is 28.7 Å². The molecular formula is C15H14IN3O4. The summed E-state index contributed by atoms with van der Waals surface area (Å²) in [5.41, 5.74) is 0.272. The lowest BCUT2D eigenvalue weighted by molar-refractivity contribution is -0.147. The Labute approximate surface area is 146 Å². The first-order valence-corrected chi connectivity index (χ1v) is 8.01. The number of hydrogen-bond donors (Lipinski definition) is 2. The summed E-state index contributed by atoms with van der Waals surface area (Å²) in [5.74, 6) is -2.85. The number of rotatable bonds is 4. The van der Waals surface area contributed by atoms with Crippen LogP contribution in [0, 0.1) is 14.9 Å². The molecule has 1 heterocycles. The number of likely N-dealkylation sites (tertiary alicyclic amines) is 1. The molecule has 7 nitrogen and oxygen atoms in total. The molecule has 23 heavy (non-hydrogen) atoms. The highest BCUT2D eigenvalue weighted by Crippen LogP contribution is 2.18. The summed E-state index contributed by atoms with van der Waals surface area (Å²) in [4.78, 5) is 37.1. The molecule has 0 spiro atoms. The smallest absolute Gasteiger partial charge is 0.336 e. The number of benzene rings is 1. The maximum absolute atomic E-state index is 12.4. The Bertz CT molecular complexity index is 686. The number of nitrogens with zero attached hydrogens (tertiary/aromatic N) is 2. The van der Waals surface area contributed by atoms with Crippen molar-refractivity contribution in [2.45, 2.75) is 24.9 Å². The molecule has 8 heteroatoms. The van der Waals surface area contributed by atoms with Crippen LogP contribution < -0.4 is 5.32 Å². The van der Waals surface area contributed by atoms with E-state index in [0.29, 0.717) is 19.4 Å². The van der Waals surface area contributed by atoms with Gasteiger partial charge < -0.3 is 15.3 Å². The summed E-state index contributed by atoms with van der Waals surface area (Å²) < 4.78 is 0.817. The van der Waals surface area contributed by atoms with Crippen molar-refractivity contribution in [2.24, 2.45) is 0 Å². The molecule has 0 aromatic heterocycles. The molecule has 0 saturated carbocycles. The van der Waals surface area contributed by atoms with Crippen molar-refractivity contribution in [1.29, 1.82) is 5.26 Å². The SMILES string of the molecule is N#C[C@@H]1CCCN1C(=O)[C@H](NC(=O)c1cccc(I)c1)C(=O)O. The van der Waals surface area contributed by atoms with Gasteiger partial charge in [0.05, 0.1) is 6.07 Å². The molecule has 2 atom stereocenters. The first-order chi connectivity index (χ1) is 10.9. The van der Waals surface area contributed by atoms with Crippen LogP contribution in [0.15, 0.2) is 24.3 Å². The molecule has 1 aliphatic heterocycles. The van der Waals surface area contributed by atoms with Gasteiger partial charge in [0.2, 0.25) is 6.04 Å². The molecule has 1 aromatic rings. The number of carboxylic acid groups (broad SMARTS) is 1. The Balaban J connectivity index is 2.16. The molecule has 2 amide bonds. The van der Waals surface area contributed by atoms with Crippen LogP contribution in [0.5, 0.6) is 0 Å². The second-order valence-electron chi connectivity index (χ2n) is 5.07. The van der Waals surface area contributed by atoms with Crippen molar-refractivity contribution in [3.63, 3.8) is 0 Å². The molecule has 1 fully saturated rings. The molecule has 120 valence electrons. The van der Waals surface area contributed by atoms with Gasteiger partial charge in [0.25, 0.3) is 11.8 Å². The Hall–Kier alpha value is -2.15. The van der Waals surface area contributed by atoms with Gasteiger partial charge in [-0.3, -0.25) is 9.59 Å². The largest absolute Gasteiger partial charge is 0.479 e. The highest BCUT2D eigenvalue weighted by atomic mass is 127. The van der Waals surface area contributed by atoms with Gasteiger partial charge in [-0.15, -0.1) is 0 Å². The van der Waals surface area contributed by atoms with Crippen LogP contribution in [0.1, 0.15) is 23.2 Å². The summed E-state index contributed by atoms with van der Waals surface area (Å²) in [6.07, 6.45) is 1.15. The summed E-state index contributed by atoms with van der Waals surface area (Å²) in [6, 6.07) is 6.22. The standard InChI is InChI=1S/C15H14IN3O4/c16-10-4-1-3-9(7-10)13(20)18-12(15(22)23)14(21)19-6-2-5-11(19)8-17/h1,3-4,7,11-12H,2,5-6H2,(H,18,20)(H,22,23)/t11-,12-/m0/s1. The van der Waals surface area contributed by atoms with Gasteiger partial charge in [-0.05, 0) is 53.6 Å². The third-order valence-electron chi connectivity index (χ3n) is 3.54. The number of amides is 2. The number of aliphatic carboxylic acids is 1. The molecule has 2 N–H and O–H groups in total. The van der Waals surface area contributed by atoms with Crippen molar-refractivity contribution >= 4 is 40.4 Å². The Morgan fingerprint density at radius 1 is 1.43 bits per heavy atom. The van der Waals surface area contributed by atoms with Gasteiger partial charge in [-0.1, -0.05) is 6.07 Å². The van der Waals surface area contributed by atoms with E-state index in [4.69, 9.17) is 5.26 Å². The summed E-state index contributed by atoms with van der Waals surface area (Å²) >= 11 is 2.03. The van der Waals surface area contributed by atoms with E-state index in [-0.39, 0.29) is 5.56 Å². The topological polar surface area (TPSA) is 111 Å². The number of carboxylic acids is 1. The number of carbonyl (C=O) groups excluding carboxylic acids is 2. The lowest BCUT2D eigenvalue weighted by atomic mass is 10.1. The maximum Gasteiger partial charge on any atom is 0.336 e. The summed E-state index contributed by atoms with van der Waals surface area (Å²) in [5, 5.41) is 20.5. The Morgan fingerprint density at radius 3 is 2.78 bits per heavy atom. The Morgan fingerprint density at radius 2 is 2.17 bits per heavy atom. The minimum absolute atomic E-state index is 0.272. The van der Waals surface area contributed by atoms with Crippen LogP contribution in [0.3, 0.4) is 0 Å². The van der Waals surface area contributed by atoms with E-state index in [9.17, 15) is 19.5 Å². The van der Waals surface area contributed by atoms with Crippen LogP contribution in [-0.2, 0) is 9.59 Å². The summed E-state index contributed by atoms with van der Waals surface area (Å²) in [6.45, 7) is 0.319. The summed E-state index contributed by atoms with van der Waals surface area (Å²) in [7, 11) is 0. The van der Waals surface area contributed by atoms with Crippen molar-refractivity contribution < 1.29 is 19.5 Å². The zero-order valence-corrected chi connectivity index (χ0v) is 14.2. The van der Waals surface area contributed by atoms with Crippen LogP contribution >= 0.6 is 22.6 Å². The molecule has 2 rings (SSSR count). The predicted octanol–water partition coefficient (Wildman–Crippen LogP) is 0.989. The minimum Gasteiger partial charge on any atom is -0.479 e. The number of halogens is 1. The quantitative estimate of drug-likeness (QED) is 0.550. The fourth-order valence-corrected chi connectivity index (χ4v) is 2.95. The number of nitriles is 1. The lowest BCUT2D eigenvalue weighted by Gasteiger charge is -2.23. The van der Waals surface area contributed by atoms with Crippen molar-refractivity contribution in [2.75, 3.05) is 6.54 Å². The highest BCUT2D eigenvalue weighted by Gasteiger charge is 2.37. The molecule has 0 unspecified atom stereocenters. The molecule has 1 saturated heterocycles. The number of carbonyl (C=O) groups is 3. The van der Waals surface area contributed by atoms with Gasteiger partial charge in [0, 0.05) is 15.7 Å². The monoisotopic (exact) mass is 427 g/mol. The molecule has 0 radical (unpaired) electrons. The zero-order chi connectivity index (χ0) is 17.0. The predicted molar refractivity (Wildman–Crippen MR) is 88.4 cm³/mol. The van der Waals surface area contributed by atoms with E-state index in [0.717, 1.165) is 3.57 Å². The molecule has 1 aliphatic rings. The average molecular weight is 427 g/mol. The first kappa shape index (κ1) is 17.2. The van der Waals surface area contributed by atoms with Gasteiger partial charge in [0.15, 0.2) is 0 Å². The van der Waals surface area contributed by atoms with Crippen LogP contribution in [0.4, 0.5) is 0 Å². The zero-order valence-electron chi connectivity index (χ0n) is 12.0. The Kier molecular flexibility index (Phi) is 5.54. The van der Waals surface area contributed by atoms with Gasteiger partial charge in [0.1, 0.15) is 6.04 Å². The van der Waals surface area contributed by atoms with E-state index in [2.05, 4.69) is 5.32 Å². The molecule has 0 bridgehead atoms. The van der Waals surface area contributed by atoms with Crippen LogP contribution in [0.2, 0.25) is 0 Å². The van der Waals surface area contributed by atoms with Crippen molar-refractivity contribution in [1.82, 2.24) is 10.2 Å². The second-order valence-corrected chi connectivity index (χ2v) is 6.32. The normalized spacial score (nSPS) is 18.1. The number of nitrogens with one attached hydrogen (secondary N) is 1. The third-order valence-corrected chi connectivity index (χ3v) is 4.21. The average Bonchev–Trinajstić information content (AvgIpc) is 3.00. The van der Waals surface area contributed by atoms with Gasteiger partial charge in [-0.25, -0.2) is 4.79 Å². The lowest BCUT2D eigenvalue weighted by Crippen LogP contribution is -2.53. The molecular weight excluding hydrogens is 413 g/mol. The van der Waals surface area contributed by atoms with E-state index in [1.54, 1.807) is 18.2 Å². The second kappa shape index (κ2) is 7.41. The molecule has 0 aliphatic carbocycles. The number of hydrogen-bond acceptors (Lipinski definition) is 4. The highest BCUT2D eigenvalue weighted by molar-refractivity contribution is 14.1. The fourth-order valence-electron chi connectivity index (χ4n) is 2.40. The van der Waals surface area contributed by atoms with E-state index >= 15 is 0 Å². The van der Waals surface area contributed by atoms with Gasteiger partial charge in [-0.2, -0.15) is 5.26 Å². The van der Waals surface area contributed by atoms with E-state index in [1.165, 1.54) is 11.0 Å². The van der Waals surface area contributed by atoms with Crippen LogP contribution in [0.25, 0.3) is 0 Å². The van der Waals surface area contributed by atoms with Crippen molar-refractivity contribution in [3.8, 4) is 6.07 Å². The van der Waals surface area contributed by atoms with Gasteiger partial charge >= 0.3 is 5.97 Å². The molecule has 1 aromatic carbocycles. The minimum atomic E-state index is -1.70. The maximum atomic E-state index is 12.4. The van der Waals surface area contributed by atoms with Crippen LogP contribution in [-0.4, -0.2) is 46.4 Å². The van der Waals surface area contributed by atoms with Crippen molar-refractivity contribution in [3.05, 3.63) is 33.4 Å². The third kappa shape index (κ3) is 3.98.